The largest absolute Gasteiger partial charge is 0.467 e. The normalized spacial score (nSPS) is 17.1. The molecule has 0 saturated heterocycles. The van der Waals surface area contributed by atoms with Gasteiger partial charge in [0.15, 0.2) is 0 Å². The summed E-state index contributed by atoms with van der Waals surface area (Å²) in [4.78, 5) is 15.4. The Balaban J connectivity index is 1.50. The van der Waals surface area contributed by atoms with Crippen LogP contribution in [0.1, 0.15) is 31.2 Å². The Morgan fingerprint density at radius 1 is 1.29 bits per heavy atom. The lowest BCUT2D eigenvalue weighted by Gasteiger charge is -2.08. The van der Waals surface area contributed by atoms with Gasteiger partial charge in [0.05, 0.1) is 18.9 Å². The Kier molecular flexibility index (Phi) is 6.74. The van der Waals surface area contributed by atoms with Crippen molar-refractivity contribution < 1.29 is 19.1 Å². The van der Waals surface area contributed by atoms with Crippen LogP contribution in [0.3, 0.4) is 0 Å². The standard InChI is InChI=1S/C16H21NO4/c18-13-20-10-8-15-11-16(21-17-15)7-4-9-19-12-14-5-2-1-3-6-14/h1-3,5-6,13,16H,4,7-12H2. The summed E-state index contributed by atoms with van der Waals surface area (Å²) in [6.45, 7) is 2.20. The minimum absolute atomic E-state index is 0.136. The first-order chi connectivity index (χ1) is 10.4. The van der Waals surface area contributed by atoms with Crippen LogP contribution < -0.4 is 0 Å². The Morgan fingerprint density at radius 2 is 2.14 bits per heavy atom. The van der Waals surface area contributed by atoms with Gasteiger partial charge in [0, 0.05) is 19.4 Å². The van der Waals surface area contributed by atoms with Crippen LogP contribution >= 0.6 is 0 Å². The Hall–Kier alpha value is -1.88. The van der Waals surface area contributed by atoms with Crippen LogP contribution in [0.2, 0.25) is 0 Å². The zero-order valence-electron chi connectivity index (χ0n) is 12.1. The molecular weight excluding hydrogens is 270 g/mol. The summed E-state index contributed by atoms with van der Waals surface area (Å²) < 4.78 is 10.3. The van der Waals surface area contributed by atoms with Gasteiger partial charge in [-0.1, -0.05) is 35.5 Å². The maximum absolute atomic E-state index is 10.0. The van der Waals surface area contributed by atoms with Crippen molar-refractivity contribution in [2.45, 2.75) is 38.4 Å². The van der Waals surface area contributed by atoms with Crippen LogP contribution in [0.25, 0.3) is 0 Å². The summed E-state index contributed by atoms with van der Waals surface area (Å²) >= 11 is 0. The van der Waals surface area contributed by atoms with Crippen molar-refractivity contribution >= 4 is 12.2 Å². The van der Waals surface area contributed by atoms with Crippen LogP contribution in [0.5, 0.6) is 0 Å². The zero-order valence-corrected chi connectivity index (χ0v) is 12.1. The molecule has 1 aromatic rings. The second-order valence-electron chi connectivity index (χ2n) is 4.99. The van der Waals surface area contributed by atoms with E-state index >= 15 is 0 Å². The molecule has 0 amide bonds. The SMILES string of the molecule is O=COCCC1=NOC(CCCOCc2ccccc2)C1. The summed E-state index contributed by atoms with van der Waals surface area (Å²) in [6, 6.07) is 10.1. The highest BCUT2D eigenvalue weighted by atomic mass is 16.6. The molecule has 1 aromatic carbocycles. The third-order valence-electron chi connectivity index (χ3n) is 3.30. The molecule has 0 aromatic heterocycles. The Bertz CT molecular complexity index is 447. The van der Waals surface area contributed by atoms with E-state index in [4.69, 9.17) is 9.57 Å². The zero-order chi connectivity index (χ0) is 14.8. The van der Waals surface area contributed by atoms with Gasteiger partial charge in [-0.25, -0.2) is 0 Å². The molecule has 5 nitrogen and oxygen atoms in total. The number of hydrogen-bond donors (Lipinski definition) is 0. The monoisotopic (exact) mass is 291 g/mol. The van der Waals surface area contributed by atoms with Crippen molar-refractivity contribution in [2.24, 2.45) is 5.16 Å². The van der Waals surface area contributed by atoms with Crippen LogP contribution in [0.15, 0.2) is 35.5 Å². The Labute approximate surface area is 124 Å². The first-order valence-electron chi connectivity index (χ1n) is 7.27. The third kappa shape index (κ3) is 5.95. The summed E-state index contributed by atoms with van der Waals surface area (Å²) in [5, 5.41) is 4.02. The highest BCUT2D eigenvalue weighted by molar-refractivity contribution is 5.85. The number of ether oxygens (including phenoxy) is 2. The number of nitrogens with zero attached hydrogens (tertiary/aromatic N) is 1. The number of benzene rings is 1. The van der Waals surface area contributed by atoms with E-state index < -0.39 is 0 Å². The number of hydrogen-bond acceptors (Lipinski definition) is 5. The van der Waals surface area contributed by atoms with E-state index in [2.05, 4.69) is 22.0 Å². The van der Waals surface area contributed by atoms with Gasteiger partial charge >= 0.3 is 0 Å². The van der Waals surface area contributed by atoms with Crippen LogP contribution in [-0.2, 0) is 25.7 Å². The molecule has 1 aliphatic heterocycles. The predicted molar refractivity (Wildman–Crippen MR) is 78.9 cm³/mol. The molecule has 2 rings (SSSR count). The highest BCUT2D eigenvalue weighted by Gasteiger charge is 2.20. The van der Waals surface area contributed by atoms with Gasteiger partial charge < -0.3 is 14.3 Å². The minimum Gasteiger partial charge on any atom is -0.467 e. The fourth-order valence-corrected chi connectivity index (χ4v) is 2.19. The summed E-state index contributed by atoms with van der Waals surface area (Å²) in [5.74, 6) is 0. The molecule has 0 saturated carbocycles. The van der Waals surface area contributed by atoms with Crippen LogP contribution in [-0.4, -0.2) is 31.5 Å². The maximum Gasteiger partial charge on any atom is 0.293 e. The molecule has 0 bridgehead atoms. The van der Waals surface area contributed by atoms with E-state index in [-0.39, 0.29) is 6.10 Å². The average Bonchev–Trinajstić information content (AvgIpc) is 2.96. The smallest absolute Gasteiger partial charge is 0.293 e. The molecule has 0 aliphatic carbocycles. The Morgan fingerprint density at radius 3 is 2.95 bits per heavy atom. The van der Waals surface area contributed by atoms with Crippen molar-refractivity contribution in [3.8, 4) is 0 Å². The molecule has 114 valence electrons. The molecular formula is C16H21NO4. The first-order valence-corrected chi connectivity index (χ1v) is 7.27. The van der Waals surface area contributed by atoms with Crippen LogP contribution in [0, 0.1) is 0 Å². The van der Waals surface area contributed by atoms with Gasteiger partial charge in [-0.2, -0.15) is 0 Å². The summed E-state index contributed by atoms with van der Waals surface area (Å²) in [5.41, 5.74) is 2.16. The molecule has 0 N–H and O–H groups in total. The summed E-state index contributed by atoms with van der Waals surface area (Å²) in [7, 11) is 0. The van der Waals surface area contributed by atoms with E-state index in [0.717, 1.165) is 31.6 Å². The lowest BCUT2D eigenvalue weighted by atomic mass is 10.1. The molecule has 1 atom stereocenters. The van der Waals surface area contributed by atoms with Crippen molar-refractivity contribution in [1.29, 1.82) is 0 Å². The van der Waals surface area contributed by atoms with E-state index in [1.807, 2.05) is 18.2 Å². The predicted octanol–water partition coefficient (Wildman–Crippen LogP) is 2.69. The van der Waals surface area contributed by atoms with E-state index in [1.54, 1.807) is 0 Å². The van der Waals surface area contributed by atoms with Gasteiger partial charge in [-0.3, -0.25) is 4.79 Å². The molecule has 0 spiro atoms. The van der Waals surface area contributed by atoms with Crippen molar-refractivity contribution in [3.63, 3.8) is 0 Å². The molecule has 0 radical (unpaired) electrons. The first kappa shape index (κ1) is 15.5. The molecule has 1 heterocycles. The van der Waals surface area contributed by atoms with Crippen molar-refractivity contribution in [3.05, 3.63) is 35.9 Å². The molecule has 0 fully saturated rings. The lowest BCUT2D eigenvalue weighted by Crippen LogP contribution is -2.10. The van der Waals surface area contributed by atoms with E-state index in [9.17, 15) is 4.79 Å². The average molecular weight is 291 g/mol. The van der Waals surface area contributed by atoms with E-state index in [1.165, 1.54) is 5.56 Å². The number of oxime groups is 1. The minimum atomic E-state index is 0.136. The lowest BCUT2D eigenvalue weighted by molar-refractivity contribution is -0.128. The van der Waals surface area contributed by atoms with E-state index in [0.29, 0.717) is 26.1 Å². The molecule has 21 heavy (non-hydrogen) atoms. The van der Waals surface area contributed by atoms with Gasteiger partial charge in [0.1, 0.15) is 6.10 Å². The maximum atomic E-state index is 10.0. The molecule has 1 aliphatic rings. The fraction of sp³-hybridized carbons (Fsp3) is 0.500. The number of carbonyl (C=O) groups is 1. The third-order valence-corrected chi connectivity index (χ3v) is 3.30. The molecule has 1 unspecified atom stereocenters. The quantitative estimate of drug-likeness (QED) is 0.491. The van der Waals surface area contributed by atoms with Crippen LogP contribution in [0.4, 0.5) is 0 Å². The topological polar surface area (TPSA) is 57.1 Å². The number of rotatable bonds is 10. The highest BCUT2D eigenvalue weighted by Crippen LogP contribution is 2.17. The van der Waals surface area contributed by atoms with Gasteiger partial charge in [-0.05, 0) is 18.4 Å². The van der Waals surface area contributed by atoms with Crippen molar-refractivity contribution in [2.75, 3.05) is 13.2 Å². The number of carbonyl (C=O) groups excluding carboxylic acids is 1. The van der Waals surface area contributed by atoms with Gasteiger partial charge in [-0.15, -0.1) is 0 Å². The van der Waals surface area contributed by atoms with Gasteiger partial charge in [0.2, 0.25) is 0 Å². The second kappa shape index (κ2) is 9.13. The molecule has 5 heteroatoms. The summed E-state index contributed by atoms with van der Waals surface area (Å²) in [6.07, 6.45) is 3.49. The second-order valence-corrected chi connectivity index (χ2v) is 4.99. The van der Waals surface area contributed by atoms with Gasteiger partial charge in [0.25, 0.3) is 6.47 Å². The fourth-order valence-electron chi connectivity index (χ4n) is 2.19. The van der Waals surface area contributed by atoms with Crippen molar-refractivity contribution in [1.82, 2.24) is 0 Å².